The number of nitrogen functional groups attached to an aromatic ring is 1. The van der Waals surface area contributed by atoms with Crippen LogP contribution in [0.25, 0.3) is 0 Å². The molecule has 1 heterocycles. The SMILES string of the molecule is C=CCn1c(C2CC2)nc(CC(C)C)c1N. The molecule has 16 heavy (non-hydrogen) atoms. The Morgan fingerprint density at radius 3 is 2.75 bits per heavy atom. The van der Waals surface area contributed by atoms with Gasteiger partial charge in [-0.3, -0.25) is 0 Å². The number of hydrogen-bond acceptors (Lipinski definition) is 2. The molecule has 0 radical (unpaired) electrons. The lowest BCUT2D eigenvalue weighted by atomic mass is 10.1. The predicted octanol–water partition coefficient (Wildman–Crippen LogP) is 2.73. The molecule has 0 amide bonds. The van der Waals surface area contributed by atoms with Crippen LogP contribution >= 0.6 is 0 Å². The topological polar surface area (TPSA) is 43.8 Å². The maximum Gasteiger partial charge on any atom is 0.127 e. The average Bonchev–Trinajstić information content (AvgIpc) is 3.00. The highest BCUT2D eigenvalue weighted by Gasteiger charge is 2.30. The summed E-state index contributed by atoms with van der Waals surface area (Å²) in [6.45, 7) is 8.96. The summed E-state index contributed by atoms with van der Waals surface area (Å²) in [5, 5.41) is 0. The van der Waals surface area contributed by atoms with Gasteiger partial charge in [-0.2, -0.15) is 0 Å². The molecule has 1 aromatic heterocycles. The molecule has 2 rings (SSSR count). The van der Waals surface area contributed by atoms with E-state index in [4.69, 9.17) is 10.7 Å². The molecule has 2 N–H and O–H groups in total. The highest BCUT2D eigenvalue weighted by atomic mass is 15.1. The van der Waals surface area contributed by atoms with Crippen molar-refractivity contribution in [3.63, 3.8) is 0 Å². The standard InChI is InChI=1S/C13H21N3/c1-4-7-16-12(14)11(8-9(2)3)15-13(16)10-5-6-10/h4,9-10H,1,5-8,14H2,2-3H3. The maximum absolute atomic E-state index is 6.16. The van der Waals surface area contributed by atoms with Gasteiger partial charge in [-0.1, -0.05) is 19.9 Å². The number of nitrogens with zero attached hydrogens (tertiary/aromatic N) is 2. The number of aromatic nitrogens is 2. The summed E-state index contributed by atoms with van der Waals surface area (Å²) in [7, 11) is 0. The second kappa shape index (κ2) is 4.32. The molecule has 3 nitrogen and oxygen atoms in total. The Labute approximate surface area is 97.4 Å². The molecule has 1 aliphatic carbocycles. The Hall–Kier alpha value is -1.25. The second-order valence-electron chi connectivity index (χ2n) is 5.07. The minimum atomic E-state index is 0.599. The quantitative estimate of drug-likeness (QED) is 0.774. The van der Waals surface area contributed by atoms with Gasteiger partial charge in [0.15, 0.2) is 0 Å². The molecule has 1 saturated carbocycles. The first-order valence-electron chi connectivity index (χ1n) is 6.09. The summed E-state index contributed by atoms with van der Waals surface area (Å²) in [5.41, 5.74) is 7.23. The van der Waals surface area contributed by atoms with Crippen molar-refractivity contribution >= 4 is 5.82 Å². The van der Waals surface area contributed by atoms with Gasteiger partial charge in [0, 0.05) is 12.5 Å². The van der Waals surface area contributed by atoms with Gasteiger partial charge in [-0.05, 0) is 25.2 Å². The molecule has 88 valence electrons. The highest BCUT2D eigenvalue weighted by molar-refractivity contribution is 5.40. The van der Waals surface area contributed by atoms with Gasteiger partial charge < -0.3 is 10.3 Å². The predicted molar refractivity (Wildman–Crippen MR) is 67.4 cm³/mol. The lowest BCUT2D eigenvalue weighted by Gasteiger charge is -2.06. The molecule has 1 fully saturated rings. The van der Waals surface area contributed by atoms with Gasteiger partial charge in [0.2, 0.25) is 0 Å². The van der Waals surface area contributed by atoms with E-state index in [1.165, 1.54) is 18.7 Å². The van der Waals surface area contributed by atoms with Crippen LogP contribution in [0.4, 0.5) is 5.82 Å². The zero-order chi connectivity index (χ0) is 11.7. The normalized spacial score (nSPS) is 15.7. The molecule has 1 aromatic rings. The fourth-order valence-corrected chi connectivity index (χ4v) is 2.05. The highest BCUT2D eigenvalue weighted by Crippen LogP contribution is 2.40. The first-order chi connectivity index (χ1) is 7.63. The minimum absolute atomic E-state index is 0.599. The van der Waals surface area contributed by atoms with Crippen molar-refractivity contribution in [1.82, 2.24) is 9.55 Å². The number of rotatable bonds is 5. The van der Waals surface area contributed by atoms with E-state index >= 15 is 0 Å². The van der Waals surface area contributed by atoms with Crippen molar-refractivity contribution < 1.29 is 0 Å². The smallest absolute Gasteiger partial charge is 0.127 e. The fraction of sp³-hybridized carbons (Fsp3) is 0.615. The molecular formula is C13H21N3. The van der Waals surface area contributed by atoms with Crippen LogP contribution in [0, 0.1) is 5.92 Å². The molecule has 3 heteroatoms. The van der Waals surface area contributed by atoms with E-state index in [2.05, 4.69) is 25.0 Å². The Balaban J connectivity index is 2.32. The number of allylic oxidation sites excluding steroid dienone is 1. The van der Waals surface area contributed by atoms with E-state index in [0.29, 0.717) is 11.8 Å². The van der Waals surface area contributed by atoms with E-state index in [-0.39, 0.29) is 0 Å². The summed E-state index contributed by atoms with van der Waals surface area (Å²) >= 11 is 0. The molecule has 0 bridgehead atoms. The van der Waals surface area contributed by atoms with Crippen LogP contribution in [0.1, 0.15) is 44.1 Å². The number of nitrogens with two attached hydrogens (primary N) is 1. The van der Waals surface area contributed by atoms with Crippen molar-refractivity contribution in [3.8, 4) is 0 Å². The third-order valence-electron chi connectivity index (χ3n) is 2.97. The number of hydrogen-bond donors (Lipinski definition) is 1. The van der Waals surface area contributed by atoms with Gasteiger partial charge in [0.25, 0.3) is 0 Å². The van der Waals surface area contributed by atoms with Crippen molar-refractivity contribution in [1.29, 1.82) is 0 Å². The van der Waals surface area contributed by atoms with E-state index in [1.807, 2.05) is 6.08 Å². The van der Waals surface area contributed by atoms with E-state index < -0.39 is 0 Å². The number of imidazole rings is 1. The Kier molecular flexibility index (Phi) is 3.03. The van der Waals surface area contributed by atoms with Crippen LogP contribution in [0.2, 0.25) is 0 Å². The third-order valence-corrected chi connectivity index (χ3v) is 2.97. The molecule has 0 unspecified atom stereocenters. The number of anilines is 1. The van der Waals surface area contributed by atoms with Crippen LogP contribution in [0.5, 0.6) is 0 Å². The molecule has 0 aliphatic heterocycles. The van der Waals surface area contributed by atoms with Crippen molar-refractivity contribution in [2.75, 3.05) is 5.73 Å². The van der Waals surface area contributed by atoms with E-state index in [0.717, 1.165) is 24.5 Å². The van der Waals surface area contributed by atoms with Gasteiger partial charge in [0.05, 0.1) is 5.69 Å². The van der Waals surface area contributed by atoms with Crippen LogP contribution < -0.4 is 5.73 Å². The van der Waals surface area contributed by atoms with Gasteiger partial charge in [-0.25, -0.2) is 4.98 Å². The summed E-state index contributed by atoms with van der Waals surface area (Å²) in [6, 6.07) is 0. The van der Waals surface area contributed by atoms with Crippen LogP contribution in [-0.2, 0) is 13.0 Å². The molecule has 0 saturated heterocycles. The monoisotopic (exact) mass is 219 g/mol. The largest absolute Gasteiger partial charge is 0.384 e. The van der Waals surface area contributed by atoms with Crippen LogP contribution in [0.3, 0.4) is 0 Å². The van der Waals surface area contributed by atoms with Crippen LogP contribution in [0.15, 0.2) is 12.7 Å². The van der Waals surface area contributed by atoms with Gasteiger partial charge >= 0.3 is 0 Å². The van der Waals surface area contributed by atoms with Crippen LogP contribution in [-0.4, -0.2) is 9.55 Å². The molecule has 0 aromatic carbocycles. The summed E-state index contributed by atoms with van der Waals surface area (Å²) in [5.74, 6) is 3.26. The van der Waals surface area contributed by atoms with E-state index in [1.54, 1.807) is 0 Å². The first kappa shape index (κ1) is 11.2. The molecule has 0 spiro atoms. The fourth-order valence-electron chi connectivity index (χ4n) is 2.05. The molecule has 0 atom stereocenters. The van der Waals surface area contributed by atoms with Crippen molar-refractivity contribution in [3.05, 3.63) is 24.2 Å². The zero-order valence-electron chi connectivity index (χ0n) is 10.2. The Morgan fingerprint density at radius 2 is 2.25 bits per heavy atom. The lowest BCUT2D eigenvalue weighted by molar-refractivity contribution is 0.637. The Morgan fingerprint density at radius 1 is 1.56 bits per heavy atom. The van der Waals surface area contributed by atoms with Gasteiger partial charge in [-0.15, -0.1) is 6.58 Å². The minimum Gasteiger partial charge on any atom is -0.384 e. The molecular weight excluding hydrogens is 198 g/mol. The van der Waals surface area contributed by atoms with Gasteiger partial charge in [0.1, 0.15) is 11.6 Å². The third kappa shape index (κ3) is 2.13. The van der Waals surface area contributed by atoms with E-state index in [9.17, 15) is 0 Å². The summed E-state index contributed by atoms with van der Waals surface area (Å²) < 4.78 is 2.13. The molecule has 1 aliphatic rings. The summed E-state index contributed by atoms with van der Waals surface area (Å²) in [6.07, 6.45) is 5.38. The average molecular weight is 219 g/mol. The first-order valence-corrected chi connectivity index (χ1v) is 6.09. The zero-order valence-corrected chi connectivity index (χ0v) is 10.2. The maximum atomic E-state index is 6.16. The van der Waals surface area contributed by atoms with Crippen molar-refractivity contribution in [2.45, 2.75) is 45.6 Å². The van der Waals surface area contributed by atoms with Crippen molar-refractivity contribution in [2.24, 2.45) is 5.92 Å². The lowest BCUT2D eigenvalue weighted by Crippen LogP contribution is -2.06. The Bertz CT molecular complexity index is 386. The second-order valence-corrected chi connectivity index (χ2v) is 5.07. The summed E-state index contributed by atoms with van der Waals surface area (Å²) in [4.78, 5) is 4.72.